The van der Waals surface area contributed by atoms with Crippen molar-refractivity contribution in [3.8, 4) is 0 Å². The maximum atomic E-state index is 10.00. The van der Waals surface area contributed by atoms with Gasteiger partial charge >= 0.3 is 6.09 Å². The van der Waals surface area contributed by atoms with Crippen molar-refractivity contribution in [3.05, 3.63) is 0 Å². The minimum atomic E-state index is -1.29. The molecule has 1 aliphatic rings. The summed E-state index contributed by atoms with van der Waals surface area (Å²) in [6.07, 6.45) is -1.50. The SMILES string of the molecule is CC1(C)OCC(CNC([O])=O)O1. The first kappa shape index (κ1) is 9.28. The average molecular weight is 174 g/mol. The van der Waals surface area contributed by atoms with Gasteiger partial charge in [0.25, 0.3) is 0 Å². The van der Waals surface area contributed by atoms with Crippen molar-refractivity contribution in [2.24, 2.45) is 0 Å². The number of hydrogen-bond acceptors (Lipinski definition) is 3. The van der Waals surface area contributed by atoms with E-state index in [0.29, 0.717) is 6.61 Å². The van der Waals surface area contributed by atoms with Crippen LogP contribution in [-0.2, 0) is 14.6 Å². The van der Waals surface area contributed by atoms with Crippen LogP contribution in [0, 0.1) is 0 Å². The van der Waals surface area contributed by atoms with Crippen molar-refractivity contribution in [1.29, 1.82) is 0 Å². The zero-order valence-electron chi connectivity index (χ0n) is 7.12. The summed E-state index contributed by atoms with van der Waals surface area (Å²) >= 11 is 0. The van der Waals surface area contributed by atoms with Crippen LogP contribution in [0.2, 0.25) is 0 Å². The first-order valence-corrected chi connectivity index (χ1v) is 3.76. The molecule has 1 heterocycles. The molecule has 1 saturated heterocycles. The van der Waals surface area contributed by atoms with Gasteiger partial charge in [0.05, 0.1) is 6.61 Å². The zero-order valence-corrected chi connectivity index (χ0v) is 7.12. The van der Waals surface area contributed by atoms with Crippen LogP contribution < -0.4 is 5.32 Å². The van der Waals surface area contributed by atoms with Crippen LogP contribution in [-0.4, -0.2) is 31.1 Å². The van der Waals surface area contributed by atoms with E-state index in [4.69, 9.17) is 9.47 Å². The fourth-order valence-electron chi connectivity index (χ4n) is 1.06. The smallest absolute Gasteiger partial charge is 0.348 e. The Bertz CT molecular complexity index is 180. The van der Waals surface area contributed by atoms with E-state index in [1.807, 2.05) is 0 Å². The van der Waals surface area contributed by atoms with Gasteiger partial charge in [-0.3, -0.25) is 0 Å². The van der Waals surface area contributed by atoms with Crippen LogP contribution in [0.1, 0.15) is 13.8 Å². The lowest BCUT2D eigenvalue weighted by molar-refractivity contribution is -0.137. The third-order valence-electron chi connectivity index (χ3n) is 1.54. The molecule has 0 bridgehead atoms. The van der Waals surface area contributed by atoms with Crippen LogP contribution in [0.25, 0.3) is 0 Å². The van der Waals surface area contributed by atoms with E-state index in [2.05, 4.69) is 5.32 Å². The molecule has 0 aromatic heterocycles. The number of hydrogen-bond donors (Lipinski definition) is 1. The minimum Gasteiger partial charge on any atom is -0.348 e. The molecule has 1 fully saturated rings. The Morgan fingerprint density at radius 3 is 2.75 bits per heavy atom. The normalized spacial score (nSPS) is 27.0. The highest BCUT2D eigenvalue weighted by molar-refractivity contribution is 5.63. The lowest BCUT2D eigenvalue weighted by Gasteiger charge is -2.16. The van der Waals surface area contributed by atoms with Crippen molar-refractivity contribution < 1.29 is 19.4 Å². The summed E-state index contributed by atoms with van der Waals surface area (Å²) in [5, 5.41) is 12.1. The van der Waals surface area contributed by atoms with Gasteiger partial charge in [-0.15, -0.1) is 0 Å². The molecule has 1 atom stereocenters. The molecular weight excluding hydrogens is 162 g/mol. The Labute approximate surface area is 70.7 Å². The molecule has 0 aromatic rings. The first-order chi connectivity index (χ1) is 5.49. The number of rotatable bonds is 2. The lowest BCUT2D eigenvalue weighted by Crippen LogP contribution is -2.32. The second-order valence-electron chi connectivity index (χ2n) is 3.12. The van der Waals surface area contributed by atoms with Gasteiger partial charge in [-0.1, -0.05) is 0 Å². The van der Waals surface area contributed by atoms with Crippen molar-refractivity contribution >= 4 is 6.09 Å². The number of ether oxygens (including phenoxy) is 2. The van der Waals surface area contributed by atoms with Gasteiger partial charge in [0.15, 0.2) is 5.79 Å². The molecule has 12 heavy (non-hydrogen) atoms. The van der Waals surface area contributed by atoms with Gasteiger partial charge < -0.3 is 14.8 Å². The van der Waals surface area contributed by atoms with E-state index in [-0.39, 0.29) is 12.6 Å². The maximum absolute atomic E-state index is 10.00. The third-order valence-corrected chi connectivity index (χ3v) is 1.54. The second kappa shape index (κ2) is 3.28. The monoisotopic (exact) mass is 174 g/mol. The van der Waals surface area contributed by atoms with Gasteiger partial charge in [0, 0.05) is 6.54 Å². The maximum Gasteiger partial charge on any atom is 0.450 e. The van der Waals surface area contributed by atoms with E-state index in [1.165, 1.54) is 0 Å². The van der Waals surface area contributed by atoms with Gasteiger partial charge in [0.2, 0.25) is 0 Å². The number of carbonyl (C=O) groups excluding carboxylic acids is 1. The number of amides is 1. The molecule has 5 nitrogen and oxygen atoms in total. The molecule has 0 spiro atoms. The fraction of sp³-hybridized carbons (Fsp3) is 0.857. The van der Waals surface area contributed by atoms with E-state index >= 15 is 0 Å². The fourth-order valence-corrected chi connectivity index (χ4v) is 1.06. The Morgan fingerprint density at radius 2 is 2.33 bits per heavy atom. The molecule has 1 N–H and O–H groups in total. The molecule has 1 rings (SSSR count). The van der Waals surface area contributed by atoms with Gasteiger partial charge in [-0.05, 0) is 13.8 Å². The molecule has 69 valence electrons. The minimum absolute atomic E-state index is 0.210. The third kappa shape index (κ3) is 2.67. The Hall–Kier alpha value is -0.810. The number of nitrogens with one attached hydrogen (secondary N) is 1. The van der Waals surface area contributed by atoms with Gasteiger partial charge in [-0.25, -0.2) is 9.90 Å². The quantitative estimate of drug-likeness (QED) is 0.653. The van der Waals surface area contributed by atoms with Crippen molar-refractivity contribution in [3.63, 3.8) is 0 Å². The highest BCUT2D eigenvalue weighted by Crippen LogP contribution is 2.21. The first-order valence-electron chi connectivity index (χ1n) is 3.76. The summed E-state index contributed by atoms with van der Waals surface area (Å²) < 4.78 is 10.5. The molecule has 5 heteroatoms. The second-order valence-corrected chi connectivity index (χ2v) is 3.12. The molecule has 1 aliphatic heterocycles. The van der Waals surface area contributed by atoms with E-state index in [1.54, 1.807) is 13.8 Å². The summed E-state index contributed by atoms with van der Waals surface area (Å²) in [5.41, 5.74) is 0. The summed E-state index contributed by atoms with van der Waals surface area (Å²) in [7, 11) is 0. The molecule has 0 aromatic carbocycles. The molecule has 0 aliphatic carbocycles. The summed E-state index contributed by atoms with van der Waals surface area (Å²) in [6, 6.07) is 0. The summed E-state index contributed by atoms with van der Waals surface area (Å²) in [5.74, 6) is -0.599. The highest BCUT2D eigenvalue weighted by atomic mass is 16.7. The zero-order chi connectivity index (χ0) is 9.19. The predicted molar refractivity (Wildman–Crippen MR) is 39.0 cm³/mol. The van der Waals surface area contributed by atoms with Crippen LogP contribution >= 0.6 is 0 Å². The van der Waals surface area contributed by atoms with Crippen molar-refractivity contribution in [1.82, 2.24) is 5.32 Å². The van der Waals surface area contributed by atoms with Crippen LogP contribution in [0.5, 0.6) is 0 Å². The molecule has 0 saturated carbocycles. The van der Waals surface area contributed by atoms with E-state index < -0.39 is 11.9 Å². The van der Waals surface area contributed by atoms with E-state index in [0.717, 1.165) is 0 Å². The lowest BCUT2D eigenvalue weighted by atomic mass is 10.4. The average Bonchev–Trinajstić information content (AvgIpc) is 2.26. The molecular formula is C7H12NO4. The predicted octanol–water partition coefficient (Wildman–Crippen LogP) is 0.278. The number of carbonyl (C=O) groups is 1. The van der Waals surface area contributed by atoms with Crippen LogP contribution in [0.3, 0.4) is 0 Å². The Balaban J connectivity index is 2.24. The Kier molecular flexibility index (Phi) is 2.54. The van der Waals surface area contributed by atoms with Gasteiger partial charge in [-0.2, -0.15) is 0 Å². The van der Waals surface area contributed by atoms with E-state index in [9.17, 15) is 9.90 Å². The van der Waals surface area contributed by atoms with Crippen LogP contribution in [0.15, 0.2) is 0 Å². The largest absolute Gasteiger partial charge is 0.450 e. The molecule has 1 radical (unpaired) electrons. The summed E-state index contributed by atoms with van der Waals surface area (Å²) in [4.78, 5) is 10.00. The summed E-state index contributed by atoms with van der Waals surface area (Å²) in [6.45, 7) is 4.19. The topological polar surface area (TPSA) is 67.5 Å². The van der Waals surface area contributed by atoms with Gasteiger partial charge in [0.1, 0.15) is 6.10 Å². The Morgan fingerprint density at radius 1 is 1.67 bits per heavy atom. The van der Waals surface area contributed by atoms with Crippen molar-refractivity contribution in [2.75, 3.05) is 13.2 Å². The molecule has 1 amide bonds. The highest BCUT2D eigenvalue weighted by Gasteiger charge is 2.32. The molecule has 1 unspecified atom stereocenters. The van der Waals surface area contributed by atoms with Crippen LogP contribution in [0.4, 0.5) is 4.79 Å². The standard InChI is InChI=1S/C7H12NO4/c1-7(2)11-4-5(12-7)3-8-6(9)10/h5,8H,3-4H2,1-2H3. The van der Waals surface area contributed by atoms with Crippen molar-refractivity contribution in [2.45, 2.75) is 25.7 Å².